The summed E-state index contributed by atoms with van der Waals surface area (Å²) in [6.45, 7) is 5.35. The lowest BCUT2D eigenvalue weighted by Gasteiger charge is -2.34. The van der Waals surface area contributed by atoms with E-state index in [1.165, 1.54) is 0 Å². The molecule has 8 heteroatoms. The summed E-state index contributed by atoms with van der Waals surface area (Å²) in [5, 5.41) is 14.0. The van der Waals surface area contributed by atoms with E-state index in [2.05, 4.69) is 17.1 Å². The lowest BCUT2D eigenvalue weighted by atomic mass is 9.95. The van der Waals surface area contributed by atoms with Crippen LogP contribution in [0.2, 0.25) is 0 Å². The number of nitro benzene ring substituents is 1. The Balaban J connectivity index is 1.80. The number of nitrogens with two attached hydrogens (primary N) is 1. The maximum atomic E-state index is 11.2. The van der Waals surface area contributed by atoms with E-state index in [1.54, 1.807) is 12.1 Å². The average molecular weight is 390 g/mol. The van der Waals surface area contributed by atoms with Gasteiger partial charge in [-0.1, -0.05) is 12.1 Å². The molecule has 0 bridgehead atoms. The molecule has 1 heterocycles. The predicted octanol–water partition coefficient (Wildman–Crippen LogP) is 2.47. The van der Waals surface area contributed by atoms with Gasteiger partial charge in [0.1, 0.15) is 0 Å². The summed E-state index contributed by atoms with van der Waals surface area (Å²) in [4.78, 5) is 28.5. The highest BCUT2D eigenvalue weighted by atomic mass is 16.6. The van der Waals surface area contributed by atoms with Crippen molar-refractivity contribution in [2.75, 3.05) is 26.2 Å². The number of aliphatic imine (C=N–C) groups is 1. The molecule has 2 rings (SSSR count). The topological polar surface area (TPSA) is 114 Å². The Bertz CT molecular complexity index is 675. The normalized spacial score (nSPS) is 17.4. The maximum Gasteiger partial charge on any atom is 0.269 e. The second kappa shape index (κ2) is 11.3. The van der Waals surface area contributed by atoms with Gasteiger partial charge >= 0.3 is 0 Å². The molecule has 1 aromatic rings. The number of hydrogen-bond acceptors (Lipinski definition) is 4. The van der Waals surface area contributed by atoms with Crippen molar-refractivity contribution in [3.05, 3.63) is 39.9 Å². The number of benzene rings is 1. The first-order valence-corrected chi connectivity index (χ1v) is 10.0. The molecule has 1 aliphatic heterocycles. The number of guanidine groups is 1. The molecule has 154 valence electrons. The largest absolute Gasteiger partial charge is 0.370 e. The van der Waals surface area contributed by atoms with Gasteiger partial charge in [-0.15, -0.1) is 0 Å². The van der Waals surface area contributed by atoms with Gasteiger partial charge in [0.25, 0.3) is 5.69 Å². The first-order chi connectivity index (χ1) is 13.5. The Hall–Kier alpha value is -2.64. The molecule has 8 nitrogen and oxygen atoms in total. The summed E-state index contributed by atoms with van der Waals surface area (Å²) in [6.07, 6.45) is 5.33. The third-order valence-electron chi connectivity index (χ3n) is 4.93. The van der Waals surface area contributed by atoms with Crippen molar-refractivity contribution in [3.63, 3.8) is 0 Å². The number of nitrogens with zero attached hydrogens (tertiary/aromatic N) is 3. The molecular formula is C20H31N5O3. The Labute approximate surface area is 166 Å². The predicted molar refractivity (Wildman–Crippen MR) is 110 cm³/mol. The van der Waals surface area contributed by atoms with Crippen LogP contribution in [-0.4, -0.2) is 47.9 Å². The standard InChI is InChI=1S/C20H31N5O3/c1-2-22-20(24-13-5-7-17(15-24)14-19(21)26)23-12-4-3-6-16-8-10-18(11-9-16)25(27)28/h8-11,17H,2-7,12-15H2,1H3,(H2,21,26)(H,22,23). The van der Waals surface area contributed by atoms with Crippen LogP contribution in [0.15, 0.2) is 29.3 Å². The third-order valence-corrected chi connectivity index (χ3v) is 4.93. The minimum Gasteiger partial charge on any atom is -0.370 e. The SMILES string of the molecule is CCNC(=NCCCCc1ccc([N+](=O)[O-])cc1)N1CCCC(CC(N)=O)C1. The van der Waals surface area contributed by atoms with Crippen molar-refractivity contribution in [2.24, 2.45) is 16.6 Å². The number of primary amides is 1. The lowest BCUT2D eigenvalue weighted by molar-refractivity contribution is -0.384. The highest BCUT2D eigenvalue weighted by Crippen LogP contribution is 2.19. The lowest BCUT2D eigenvalue weighted by Crippen LogP contribution is -2.47. The van der Waals surface area contributed by atoms with Gasteiger partial charge < -0.3 is 16.0 Å². The molecule has 1 amide bonds. The average Bonchev–Trinajstić information content (AvgIpc) is 2.67. The van der Waals surface area contributed by atoms with Crippen molar-refractivity contribution in [3.8, 4) is 0 Å². The summed E-state index contributed by atoms with van der Waals surface area (Å²) >= 11 is 0. The van der Waals surface area contributed by atoms with Gasteiger partial charge in [0.05, 0.1) is 4.92 Å². The molecule has 0 aliphatic carbocycles. The van der Waals surface area contributed by atoms with Crippen molar-refractivity contribution in [1.82, 2.24) is 10.2 Å². The maximum absolute atomic E-state index is 11.2. The van der Waals surface area contributed by atoms with Gasteiger partial charge in [-0.2, -0.15) is 0 Å². The molecule has 0 radical (unpaired) electrons. The van der Waals surface area contributed by atoms with Crippen LogP contribution < -0.4 is 11.1 Å². The van der Waals surface area contributed by atoms with Crippen LogP contribution in [0.5, 0.6) is 0 Å². The molecule has 1 fully saturated rings. The van der Waals surface area contributed by atoms with Crippen LogP contribution in [-0.2, 0) is 11.2 Å². The van der Waals surface area contributed by atoms with Crippen LogP contribution in [0.4, 0.5) is 5.69 Å². The first kappa shape index (κ1) is 21.7. The quantitative estimate of drug-likeness (QED) is 0.221. The van der Waals surface area contributed by atoms with E-state index < -0.39 is 0 Å². The number of aryl methyl sites for hydroxylation is 1. The number of amides is 1. The monoisotopic (exact) mass is 389 g/mol. The zero-order chi connectivity index (χ0) is 20.4. The molecule has 28 heavy (non-hydrogen) atoms. The number of likely N-dealkylation sites (tertiary alicyclic amines) is 1. The van der Waals surface area contributed by atoms with Gasteiger partial charge in [-0.05, 0) is 50.5 Å². The fourth-order valence-electron chi connectivity index (χ4n) is 3.54. The molecule has 1 saturated heterocycles. The van der Waals surface area contributed by atoms with Crippen LogP contribution in [0.1, 0.15) is 44.6 Å². The van der Waals surface area contributed by atoms with E-state index >= 15 is 0 Å². The number of non-ortho nitro benzene ring substituents is 1. The fraction of sp³-hybridized carbons (Fsp3) is 0.600. The Kier molecular flexibility index (Phi) is 8.71. The van der Waals surface area contributed by atoms with Crippen LogP contribution in [0, 0.1) is 16.0 Å². The molecule has 0 aromatic heterocycles. The van der Waals surface area contributed by atoms with Gasteiger partial charge in [0, 0.05) is 44.7 Å². The number of nitro groups is 1. The van der Waals surface area contributed by atoms with Crippen molar-refractivity contribution in [1.29, 1.82) is 0 Å². The van der Waals surface area contributed by atoms with E-state index in [4.69, 9.17) is 10.7 Å². The molecule has 0 saturated carbocycles. The number of piperidine rings is 1. The zero-order valence-corrected chi connectivity index (χ0v) is 16.6. The van der Waals surface area contributed by atoms with Gasteiger partial charge in [-0.25, -0.2) is 0 Å². The van der Waals surface area contributed by atoms with Gasteiger partial charge in [0.2, 0.25) is 5.91 Å². The second-order valence-electron chi connectivity index (χ2n) is 7.24. The van der Waals surface area contributed by atoms with Crippen LogP contribution in [0.3, 0.4) is 0 Å². The Morgan fingerprint density at radius 3 is 2.75 bits per heavy atom. The summed E-state index contributed by atoms with van der Waals surface area (Å²) in [5.74, 6) is 0.976. The molecule has 1 atom stereocenters. The van der Waals surface area contributed by atoms with Gasteiger partial charge in [-0.3, -0.25) is 19.9 Å². The Morgan fingerprint density at radius 1 is 1.36 bits per heavy atom. The molecule has 1 unspecified atom stereocenters. The summed E-state index contributed by atoms with van der Waals surface area (Å²) in [5.41, 5.74) is 6.58. The summed E-state index contributed by atoms with van der Waals surface area (Å²) < 4.78 is 0. The highest BCUT2D eigenvalue weighted by Gasteiger charge is 2.23. The van der Waals surface area contributed by atoms with Crippen molar-refractivity contribution < 1.29 is 9.72 Å². The Morgan fingerprint density at radius 2 is 2.11 bits per heavy atom. The molecule has 0 spiro atoms. The van der Waals surface area contributed by atoms with E-state index in [0.29, 0.717) is 12.3 Å². The van der Waals surface area contributed by atoms with E-state index in [1.807, 2.05) is 12.1 Å². The molecular weight excluding hydrogens is 358 g/mol. The summed E-state index contributed by atoms with van der Waals surface area (Å²) in [7, 11) is 0. The number of carbonyl (C=O) groups excluding carboxylic acids is 1. The van der Waals surface area contributed by atoms with Gasteiger partial charge in [0.15, 0.2) is 5.96 Å². The number of carbonyl (C=O) groups is 1. The first-order valence-electron chi connectivity index (χ1n) is 10.0. The number of hydrogen-bond donors (Lipinski definition) is 2. The number of unbranched alkanes of at least 4 members (excludes halogenated alkanes) is 1. The minimum absolute atomic E-state index is 0.125. The second-order valence-corrected chi connectivity index (χ2v) is 7.24. The molecule has 3 N–H and O–H groups in total. The highest BCUT2D eigenvalue weighted by molar-refractivity contribution is 5.80. The number of nitrogens with one attached hydrogen (secondary N) is 1. The summed E-state index contributed by atoms with van der Waals surface area (Å²) in [6, 6.07) is 6.74. The van der Waals surface area contributed by atoms with E-state index in [9.17, 15) is 14.9 Å². The van der Waals surface area contributed by atoms with Crippen molar-refractivity contribution >= 4 is 17.6 Å². The fourth-order valence-corrected chi connectivity index (χ4v) is 3.54. The minimum atomic E-state index is -0.380. The molecule has 1 aromatic carbocycles. The van der Waals surface area contributed by atoms with E-state index in [0.717, 1.165) is 69.8 Å². The third kappa shape index (κ3) is 7.17. The van der Waals surface area contributed by atoms with Crippen LogP contribution >= 0.6 is 0 Å². The van der Waals surface area contributed by atoms with Crippen LogP contribution in [0.25, 0.3) is 0 Å². The molecule has 1 aliphatic rings. The smallest absolute Gasteiger partial charge is 0.269 e. The zero-order valence-electron chi connectivity index (χ0n) is 16.6. The number of rotatable bonds is 9. The van der Waals surface area contributed by atoms with Crippen molar-refractivity contribution in [2.45, 2.75) is 45.4 Å². The van der Waals surface area contributed by atoms with E-state index in [-0.39, 0.29) is 16.5 Å².